The molecule has 7 N–H and O–H groups in total. The Bertz CT molecular complexity index is 1030. The van der Waals surface area contributed by atoms with Crippen molar-refractivity contribution in [3.05, 3.63) is 24.3 Å². The zero-order valence-corrected chi connectivity index (χ0v) is 39.3. The number of nitrogens with one attached hydrogen (secondary N) is 1. The van der Waals surface area contributed by atoms with E-state index in [0.29, 0.717) is 12.8 Å². The lowest BCUT2D eigenvalue weighted by atomic mass is 9.99. The molecule has 8 atom stereocenters. The van der Waals surface area contributed by atoms with Gasteiger partial charge in [0, 0.05) is 0 Å². The van der Waals surface area contributed by atoms with E-state index in [-0.39, 0.29) is 6.61 Å². The van der Waals surface area contributed by atoms with Gasteiger partial charge in [0.1, 0.15) is 30.5 Å². The van der Waals surface area contributed by atoms with Crippen molar-refractivity contribution in [2.75, 3.05) is 13.2 Å². The minimum Gasteiger partial charge on any atom is -0.394 e. The maximum atomic E-state index is 13.1. The summed E-state index contributed by atoms with van der Waals surface area (Å²) in [6, 6.07) is -0.895. The zero-order chi connectivity index (χ0) is 44.6. The van der Waals surface area contributed by atoms with Crippen LogP contribution in [-0.2, 0) is 14.3 Å². The molecule has 61 heavy (non-hydrogen) atoms. The largest absolute Gasteiger partial charge is 0.394 e. The second-order valence-corrected chi connectivity index (χ2v) is 18.1. The van der Waals surface area contributed by atoms with Gasteiger partial charge >= 0.3 is 0 Å². The van der Waals surface area contributed by atoms with Gasteiger partial charge in [-0.3, -0.25) is 4.79 Å². The first-order chi connectivity index (χ1) is 29.8. The van der Waals surface area contributed by atoms with Crippen molar-refractivity contribution in [2.24, 2.45) is 0 Å². The fraction of sp³-hybridized carbons (Fsp3) is 0.902. The number of unbranched alkanes of at least 4 members (excludes halogenated alkanes) is 28. The van der Waals surface area contributed by atoms with Crippen LogP contribution in [0.15, 0.2) is 24.3 Å². The Morgan fingerprint density at radius 2 is 0.967 bits per heavy atom. The van der Waals surface area contributed by atoms with Crippen molar-refractivity contribution in [1.29, 1.82) is 0 Å². The molecular formula is C51H97NO9. The number of aliphatic hydroxyl groups excluding tert-OH is 6. The van der Waals surface area contributed by atoms with Gasteiger partial charge in [-0.2, -0.15) is 0 Å². The van der Waals surface area contributed by atoms with E-state index < -0.39 is 61.5 Å². The van der Waals surface area contributed by atoms with Gasteiger partial charge in [0.15, 0.2) is 6.29 Å². The third-order valence-corrected chi connectivity index (χ3v) is 12.4. The van der Waals surface area contributed by atoms with Crippen LogP contribution in [0.4, 0.5) is 0 Å². The Balaban J connectivity index is 2.28. The molecule has 8 unspecified atom stereocenters. The predicted molar refractivity (Wildman–Crippen MR) is 250 cm³/mol. The Kier molecular flexibility index (Phi) is 39.1. The van der Waals surface area contributed by atoms with Crippen LogP contribution in [-0.4, -0.2) is 98.7 Å². The van der Waals surface area contributed by atoms with Gasteiger partial charge in [-0.25, -0.2) is 0 Å². The smallest absolute Gasteiger partial charge is 0.249 e. The average molecular weight is 868 g/mol. The van der Waals surface area contributed by atoms with Gasteiger partial charge in [-0.1, -0.05) is 212 Å². The van der Waals surface area contributed by atoms with Crippen molar-refractivity contribution >= 4 is 5.91 Å². The molecule has 10 heteroatoms. The first-order valence-electron chi connectivity index (χ1n) is 25.6. The molecule has 0 aromatic rings. The minimum absolute atomic E-state index is 0.256. The molecule has 1 aliphatic heterocycles. The lowest BCUT2D eigenvalue weighted by Crippen LogP contribution is -2.60. The van der Waals surface area contributed by atoms with Crippen molar-refractivity contribution in [2.45, 2.75) is 281 Å². The van der Waals surface area contributed by atoms with Crippen LogP contribution in [0, 0.1) is 0 Å². The van der Waals surface area contributed by atoms with Gasteiger partial charge in [0.05, 0.1) is 25.4 Å². The van der Waals surface area contributed by atoms with E-state index in [0.717, 1.165) is 64.2 Å². The summed E-state index contributed by atoms with van der Waals surface area (Å²) in [6.07, 6.45) is 39.5. The monoisotopic (exact) mass is 868 g/mol. The van der Waals surface area contributed by atoms with Crippen LogP contribution in [0.3, 0.4) is 0 Å². The first kappa shape index (κ1) is 57.6. The van der Waals surface area contributed by atoms with Gasteiger partial charge in [0.2, 0.25) is 5.91 Å². The normalized spacial score (nSPS) is 21.1. The van der Waals surface area contributed by atoms with Crippen molar-refractivity contribution in [1.82, 2.24) is 5.32 Å². The molecule has 0 bridgehead atoms. The quantitative estimate of drug-likeness (QED) is 0.0233. The van der Waals surface area contributed by atoms with Crippen molar-refractivity contribution in [3.8, 4) is 0 Å². The number of aliphatic hydroxyl groups is 6. The molecule has 1 heterocycles. The summed E-state index contributed by atoms with van der Waals surface area (Å²) in [7, 11) is 0. The SMILES string of the molecule is CCCCCCCCCCC/C=C\C/C=C\CCCCCCCCCCC(O)C(=O)NC(COC1OC(CO)C(O)C(O)C1O)C(O)CCCCCCCCCCCCCC. The van der Waals surface area contributed by atoms with Crippen LogP contribution in [0.2, 0.25) is 0 Å². The van der Waals surface area contributed by atoms with E-state index in [2.05, 4.69) is 43.5 Å². The number of rotatable bonds is 43. The highest BCUT2D eigenvalue weighted by molar-refractivity contribution is 5.80. The molecule has 0 spiro atoms. The molecule has 10 nitrogen and oxygen atoms in total. The van der Waals surface area contributed by atoms with E-state index in [9.17, 15) is 35.4 Å². The Morgan fingerprint density at radius 1 is 0.557 bits per heavy atom. The lowest BCUT2D eigenvalue weighted by Gasteiger charge is -2.40. The molecule has 1 rings (SSSR count). The van der Waals surface area contributed by atoms with Crippen LogP contribution in [0.5, 0.6) is 0 Å². The van der Waals surface area contributed by atoms with Gasteiger partial charge in [0.25, 0.3) is 0 Å². The lowest BCUT2D eigenvalue weighted by molar-refractivity contribution is -0.302. The third kappa shape index (κ3) is 31.2. The Labute approximate surface area is 373 Å². The topological polar surface area (TPSA) is 169 Å². The van der Waals surface area contributed by atoms with Gasteiger partial charge in [-0.15, -0.1) is 0 Å². The molecule has 0 aromatic heterocycles. The van der Waals surface area contributed by atoms with Gasteiger partial charge in [-0.05, 0) is 44.9 Å². The molecule has 1 amide bonds. The van der Waals surface area contributed by atoms with Crippen LogP contribution < -0.4 is 5.32 Å². The van der Waals surface area contributed by atoms with Crippen LogP contribution >= 0.6 is 0 Å². The maximum Gasteiger partial charge on any atom is 0.249 e. The second-order valence-electron chi connectivity index (χ2n) is 18.1. The molecule has 1 fully saturated rings. The summed E-state index contributed by atoms with van der Waals surface area (Å²) < 4.78 is 11.2. The number of allylic oxidation sites excluding steroid dienone is 4. The number of carbonyl (C=O) groups excluding carboxylic acids is 1. The summed E-state index contributed by atoms with van der Waals surface area (Å²) in [5, 5.41) is 64.9. The Morgan fingerprint density at radius 3 is 1.41 bits per heavy atom. The summed E-state index contributed by atoms with van der Waals surface area (Å²) in [6.45, 7) is 3.67. The van der Waals surface area contributed by atoms with E-state index in [1.165, 1.54) is 141 Å². The summed E-state index contributed by atoms with van der Waals surface area (Å²) in [5.41, 5.74) is 0. The summed E-state index contributed by atoms with van der Waals surface area (Å²) in [4.78, 5) is 13.1. The van der Waals surface area contributed by atoms with E-state index in [4.69, 9.17) is 9.47 Å². The fourth-order valence-corrected chi connectivity index (χ4v) is 8.20. The second kappa shape index (κ2) is 41.3. The van der Waals surface area contributed by atoms with Crippen LogP contribution in [0.1, 0.15) is 232 Å². The fourth-order valence-electron chi connectivity index (χ4n) is 8.20. The third-order valence-electron chi connectivity index (χ3n) is 12.4. The molecule has 1 aliphatic rings. The molecule has 360 valence electrons. The first-order valence-corrected chi connectivity index (χ1v) is 25.6. The highest BCUT2D eigenvalue weighted by Gasteiger charge is 2.44. The molecule has 0 aliphatic carbocycles. The summed E-state index contributed by atoms with van der Waals surface area (Å²) >= 11 is 0. The zero-order valence-electron chi connectivity index (χ0n) is 39.3. The molecular weight excluding hydrogens is 771 g/mol. The molecule has 0 aromatic carbocycles. The number of ether oxygens (including phenoxy) is 2. The predicted octanol–water partition coefficient (Wildman–Crippen LogP) is 10.4. The van der Waals surface area contributed by atoms with Crippen molar-refractivity contribution < 1.29 is 44.9 Å². The number of hydrogen-bond acceptors (Lipinski definition) is 9. The number of carbonyl (C=O) groups is 1. The van der Waals surface area contributed by atoms with E-state index >= 15 is 0 Å². The highest BCUT2D eigenvalue weighted by Crippen LogP contribution is 2.23. The molecule has 1 saturated heterocycles. The van der Waals surface area contributed by atoms with E-state index in [1.807, 2.05) is 0 Å². The average Bonchev–Trinajstić information content (AvgIpc) is 3.26. The highest BCUT2D eigenvalue weighted by atomic mass is 16.7. The standard InChI is InChI=1S/C51H97NO9/c1-3-5-7-9-11-13-15-17-18-19-20-21-22-23-24-25-26-27-28-30-32-34-36-38-40-45(55)50(59)52-43(42-60-51-49(58)48(57)47(56)46(41-53)61-51)44(54)39-37-35-33-31-29-16-14-12-10-8-6-4-2/h20-21,23-24,43-49,51,53-58H,3-19,22,25-42H2,1-2H3,(H,52,59)/b21-20-,24-23-. The minimum atomic E-state index is -1.60. The van der Waals surface area contributed by atoms with Gasteiger partial charge < -0.3 is 45.4 Å². The molecule has 0 radical (unpaired) electrons. The maximum absolute atomic E-state index is 13.1. The molecule has 0 saturated carbocycles. The summed E-state index contributed by atoms with van der Waals surface area (Å²) in [5.74, 6) is -0.588. The number of amides is 1. The van der Waals surface area contributed by atoms with Crippen LogP contribution in [0.25, 0.3) is 0 Å². The van der Waals surface area contributed by atoms with Crippen molar-refractivity contribution in [3.63, 3.8) is 0 Å². The van der Waals surface area contributed by atoms with E-state index in [1.54, 1.807) is 0 Å². The Hall–Kier alpha value is -1.37. The number of hydrogen-bond donors (Lipinski definition) is 7.